The second-order valence-corrected chi connectivity index (χ2v) is 5.58. The van der Waals surface area contributed by atoms with Crippen molar-refractivity contribution < 1.29 is 0 Å². The van der Waals surface area contributed by atoms with Gasteiger partial charge in [-0.05, 0) is 30.3 Å². The Bertz CT molecular complexity index is 803. The van der Waals surface area contributed by atoms with E-state index in [1.807, 2.05) is 24.4 Å². The Morgan fingerprint density at radius 3 is 2.61 bits per heavy atom. The highest BCUT2D eigenvalue weighted by Crippen LogP contribution is 2.23. The highest BCUT2D eigenvalue weighted by molar-refractivity contribution is 5.87. The molecule has 0 bridgehead atoms. The smallest absolute Gasteiger partial charge is 0.231 e. The van der Waals surface area contributed by atoms with Gasteiger partial charge in [0, 0.05) is 43.8 Å². The number of aromatic nitrogens is 3. The van der Waals surface area contributed by atoms with Crippen LogP contribution in [0.3, 0.4) is 0 Å². The largest absolute Gasteiger partial charge is 0.383 e. The molecule has 1 aliphatic rings. The second-order valence-electron chi connectivity index (χ2n) is 5.58. The number of hydrogen-bond acceptors (Lipinski definition) is 6. The quantitative estimate of drug-likeness (QED) is 0.588. The fourth-order valence-electron chi connectivity index (χ4n) is 2.83. The van der Waals surface area contributed by atoms with Gasteiger partial charge in [-0.1, -0.05) is 0 Å². The first-order valence-corrected chi connectivity index (χ1v) is 7.73. The van der Waals surface area contributed by atoms with Crippen LogP contribution in [0, 0.1) is 0 Å². The maximum Gasteiger partial charge on any atom is 0.231 e. The molecule has 0 amide bonds. The van der Waals surface area contributed by atoms with E-state index in [1.165, 1.54) is 5.69 Å². The molecule has 7 heteroatoms. The maximum atomic E-state index is 5.95. The Balaban J connectivity index is 1.53. The Kier molecular flexibility index (Phi) is 3.47. The third kappa shape index (κ3) is 2.78. The molecule has 23 heavy (non-hydrogen) atoms. The third-order valence-corrected chi connectivity index (χ3v) is 4.05. The standard InChI is InChI=1S/C16H19N7/c17-14-13-5-6-19-15(13)22-16(21-14)20-11-1-3-12(4-2-11)23-9-7-18-8-10-23/h1-6,18H,7-10H2,(H4,17,19,20,21,22). The number of nitrogens with zero attached hydrogens (tertiary/aromatic N) is 3. The molecule has 5 N–H and O–H groups in total. The number of hydrogen-bond donors (Lipinski definition) is 4. The van der Waals surface area contributed by atoms with Crippen molar-refractivity contribution in [3.63, 3.8) is 0 Å². The predicted molar refractivity (Wildman–Crippen MR) is 93.1 cm³/mol. The van der Waals surface area contributed by atoms with Crippen molar-refractivity contribution in [2.45, 2.75) is 0 Å². The van der Waals surface area contributed by atoms with Gasteiger partial charge in [-0.2, -0.15) is 9.97 Å². The number of piperazine rings is 1. The monoisotopic (exact) mass is 309 g/mol. The molecular weight excluding hydrogens is 290 g/mol. The van der Waals surface area contributed by atoms with Gasteiger partial charge in [0.15, 0.2) is 0 Å². The van der Waals surface area contributed by atoms with Gasteiger partial charge in [-0.25, -0.2) is 0 Å². The summed E-state index contributed by atoms with van der Waals surface area (Å²) in [6.45, 7) is 4.14. The number of benzene rings is 1. The number of anilines is 4. The van der Waals surface area contributed by atoms with Crippen LogP contribution in [-0.2, 0) is 0 Å². The number of nitrogens with two attached hydrogens (primary N) is 1. The van der Waals surface area contributed by atoms with E-state index < -0.39 is 0 Å². The predicted octanol–water partition coefficient (Wildman–Crippen LogP) is 1.69. The lowest BCUT2D eigenvalue weighted by atomic mass is 10.2. The molecule has 7 nitrogen and oxygen atoms in total. The Morgan fingerprint density at radius 1 is 1.04 bits per heavy atom. The number of H-pyrrole nitrogens is 1. The van der Waals surface area contributed by atoms with Crippen LogP contribution in [0.5, 0.6) is 0 Å². The number of nitrogen functional groups attached to an aromatic ring is 1. The minimum Gasteiger partial charge on any atom is -0.383 e. The van der Waals surface area contributed by atoms with Crippen molar-refractivity contribution in [2.75, 3.05) is 42.1 Å². The van der Waals surface area contributed by atoms with Crippen LogP contribution < -0.4 is 21.3 Å². The van der Waals surface area contributed by atoms with Gasteiger partial charge in [-0.3, -0.25) is 0 Å². The molecular formula is C16H19N7. The fourth-order valence-corrected chi connectivity index (χ4v) is 2.83. The van der Waals surface area contributed by atoms with Crippen molar-refractivity contribution >= 4 is 34.2 Å². The first-order chi connectivity index (χ1) is 11.3. The van der Waals surface area contributed by atoms with Crippen molar-refractivity contribution in [3.8, 4) is 0 Å². The van der Waals surface area contributed by atoms with Crippen LogP contribution in [0.4, 0.5) is 23.1 Å². The van der Waals surface area contributed by atoms with Crippen LogP contribution in [-0.4, -0.2) is 41.1 Å². The van der Waals surface area contributed by atoms with Gasteiger partial charge >= 0.3 is 0 Å². The summed E-state index contributed by atoms with van der Waals surface area (Å²) in [6.07, 6.45) is 1.81. The van der Waals surface area contributed by atoms with E-state index in [0.717, 1.165) is 42.9 Å². The lowest BCUT2D eigenvalue weighted by molar-refractivity contribution is 0.589. The number of fused-ring (bicyclic) bond motifs is 1. The average molecular weight is 309 g/mol. The Labute approximate surface area is 133 Å². The molecule has 1 fully saturated rings. The van der Waals surface area contributed by atoms with Gasteiger partial charge in [-0.15, -0.1) is 0 Å². The zero-order chi connectivity index (χ0) is 15.6. The van der Waals surface area contributed by atoms with E-state index in [-0.39, 0.29) is 0 Å². The van der Waals surface area contributed by atoms with Crippen LogP contribution in [0.25, 0.3) is 11.0 Å². The second kappa shape index (κ2) is 5.77. The van der Waals surface area contributed by atoms with Crippen molar-refractivity contribution in [1.82, 2.24) is 20.3 Å². The van der Waals surface area contributed by atoms with Crippen LogP contribution >= 0.6 is 0 Å². The molecule has 3 aromatic rings. The summed E-state index contributed by atoms with van der Waals surface area (Å²) in [4.78, 5) is 14.2. The van der Waals surface area contributed by atoms with Crippen LogP contribution in [0.1, 0.15) is 0 Å². The summed E-state index contributed by atoms with van der Waals surface area (Å²) in [6, 6.07) is 10.2. The lowest BCUT2D eigenvalue weighted by Gasteiger charge is -2.29. The first-order valence-electron chi connectivity index (χ1n) is 7.73. The van der Waals surface area contributed by atoms with Crippen molar-refractivity contribution in [3.05, 3.63) is 36.5 Å². The zero-order valence-electron chi connectivity index (χ0n) is 12.7. The summed E-state index contributed by atoms with van der Waals surface area (Å²) in [7, 11) is 0. The molecule has 1 aliphatic heterocycles. The molecule has 4 rings (SSSR count). The summed E-state index contributed by atoms with van der Waals surface area (Å²) < 4.78 is 0. The summed E-state index contributed by atoms with van der Waals surface area (Å²) in [5, 5.41) is 7.40. The molecule has 0 radical (unpaired) electrons. The first kappa shape index (κ1) is 13.8. The van der Waals surface area contributed by atoms with E-state index in [4.69, 9.17) is 5.73 Å². The van der Waals surface area contributed by atoms with Crippen LogP contribution in [0.2, 0.25) is 0 Å². The molecule has 0 aliphatic carbocycles. The Hall–Kier alpha value is -2.80. The van der Waals surface area contributed by atoms with Gasteiger partial charge in [0.2, 0.25) is 5.95 Å². The lowest BCUT2D eigenvalue weighted by Crippen LogP contribution is -2.43. The highest BCUT2D eigenvalue weighted by Gasteiger charge is 2.10. The van der Waals surface area contributed by atoms with Crippen LogP contribution in [0.15, 0.2) is 36.5 Å². The maximum absolute atomic E-state index is 5.95. The minimum absolute atomic E-state index is 0.469. The van der Waals surface area contributed by atoms with Crippen molar-refractivity contribution in [2.24, 2.45) is 0 Å². The molecule has 0 saturated carbocycles. The molecule has 1 aromatic carbocycles. The van der Waals surface area contributed by atoms with E-state index in [2.05, 4.69) is 42.6 Å². The SMILES string of the molecule is Nc1nc(Nc2ccc(N3CCNCC3)cc2)nc2[nH]ccc12. The summed E-state index contributed by atoms with van der Waals surface area (Å²) in [5.41, 5.74) is 8.86. The van der Waals surface area contributed by atoms with Gasteiger partial charge < -0.3 is 26.3 Å². The molecule has 3 heterocycles. The van der Waals surface area contributed by atoms with E-state index in [1.54, 1.807) is 0 Å². The van der Waals surface area contributed by atoms with E-state index in [9.17, 15) is 0 Å². The van der Waals surface area contributed by atoms with E-state index >= 15 is 0 Å². The Morgan fingerprint density at radius 2 is 1.83 bits per heavy atom. The number of nitrogens with one attached hydrogen (secondary N) is 3. The minimum atomic E-state index is 0.469. The topological polar surface area (TPSA) is 94.9 Å². The van der Waals surface area contributed by atoms with Crippen molar-refractivity contribution in [1.29, 1.82) is 0 Å². The third-order valence-electron chi connectivity index (χ3n) is 4.05. The van der Waals surface area contributed by atoms with E-state index in [0.29, 0.717) is 11.8 Å². The fraction of sp³-hybridized carbons (Fsp3) is 0.250. The highest BCUT2D eigenvalue weighted by atomic mass is 15.2. The van der Waals surface area contributed by atoms with Gasteiger partial charge in [0.1, 0.15) is 11.5 Å². The molecule has 0 unspecified atom stereocenters. The van der Waals surface area contributed by atoms with Gasteiger partial charge in [0.25, 0.3) is 0 Å². The summed E-state index contributed by atoms with van der Waals surface area (Å²) in [5.74, 6) is 0.962. The number of rotatable bonds is 3. The molecule has 0 spiro atoms. The number of aromatic amines is 1. The normalized spacial score (nSPS) is 15.0. The summed E-state index contributed by atoms with van der Waals surface area (Å²) >= 11 is 0. The zero-order valence-corrected chi connectivity index (χ0v) is 12.7. The molecule has 2 aromatic heterocycles. The molecule has 0 atom stereocenters. The van der Waals surface area contributed by atoms with Gasteiger partial charge in [0.05, 0.1) is 5.39 Å². The molecule has 118 valence electrons. The molecule has 1 saturated heterocycles. The average Bonchev–Trinajstić information content (AvgIpc) is 3.05.